The van der Waals surface area contributed by atoms with Crippen LogP contribution in [-0.4, -0.2) is 19.6 Å². The minimum absolute atomic E-state index is 0.356. The summed E-state index contributed by atoms with van der Waals surface area (Å²) in [4.78, 5) is 0. The zero-order valence-electron chi connectivity index (χ0n) is 8.48. The lowest BCUT2D eigenvalue weighted by Crippen LogP contribution is -2.31. The molecule has 1 atom stereocenters. The van der Waals surface area contributed by atoms with Crippen molar-refractivity contribution in [3.8, 4) is 0 Å². The Hall–Kier alpha value is -0.0800. The third-order valence-corrected chi connectivity index (χ3v) is 1.39. The van der Waals surface area contributed by atoms with Crippen LogP contribution >= 0.6 is 0 Å². The SMILES string of the molecule is CC.CCCCC(N)CNC. The Morgan fingerprint density at radius 3 is 2.27 bits per heavy atom. The van der Waals surface area contributed by atoms with Crippen molar-refractivity contribution in [2.24, 2.45) is 5.73 Å². The highest BCUT2D eigenvalue weighted by molar-refractivity contribution is 4.61. The first-order valence-corrected chi connectivity index (χ1v) is 4.71. The van der Waals surface area contributed by atoms with Gasteiger partial charge in [-0.25, -0.2) is 0 Å². The number of nitrogens with two attached hydrogens (primary N) is 1. The van der Waals surface area contributed by atoms with Crippen LogP contribution in [0.1, 0.15) is 40.0 Å². The Bertz CT molecular complexity index is 55.5. The first-order valence-electron chi connectivity index (χ1n) is 4.71. The van der Waals surface area contributed by atoms with Gasteiger partial charge in [0, 0.05) is 12.6 Å². The van der Waals surface area contributed by atoms with E-state index in [2.05, 4.69) is 12.2 Å². The summed E-state index contributed by atoms with van der Waals surface area (Å²) in [5, 5.41) is 3.05. The average molecular weight is 160 g/mol. The van der Waals surface area contributed by atoms with E-state index in [1.807, 2.05) is 20.9 Å². The summed E-state index contributed by atoms with van der Waals surface area (Å²) >= 11 is 0. The minimum Gasteiger partial charge on any atom is -0.327 e. The molecule has 70 valence electrons. The van der Waals surface area contributed by atoms with Gasteiger partial charge in [-0.3, -0.25) is 0 Å². The van der Waals surface area contributed by atoms with Crippen LogP contribution in [0.15, 0.2) is 0 Å². The Morgan fingerprint density at radius 1 is 1.36 bits per heavy atom. The molecule has 0 aromatic rings. The molecule has 0 spiro atoms. The molecule has 0 aliphatic carbocycles. The lowest BCUT2D eigenvalue weighted by atomic mass is 10.1. The van der Waals surface area contributed by atoms with Crippen LogP contribution in [0.4, 0.5) is 0 Å². The van der Waals surface area contributed by atoms with Crippen molar-refractivity contribution in [1.82, 2.24) is 5.32 Å². The van der Waals surface area contributed by atoms with Gasteiger partial charge in [0.25, 0.3) is 0 Å². The first-order chi connectivity index (χ1) is 5.31. The maximum Gasteiger partial charge on any atom is 0.0165 e. The van der Waals surface area contributed by atoms with Gasteiger partial charge in [0.2, 0.25) is 0 Å². The van der Waals surface area contributed by atoms with Crippen molar-refractivity contribution in [2.45, 2.75) is 46.1 Å². The Kier molecular flexibility index (Phi) is 15.4. The van der Waals surface area contributed by atoms with Crippen molar-refractivity contribution in [2.75, 3.05) is 13.6 Å². The molecule has 2 nitrogen and oxygen atoms in total. The Morgan fingerprint density at radius 2 is 1.91 bits per heavy atom. The standard InChI is InChI=1S/C7H18N2.C2H6/c1-3-4-5-7(8)6-9-2;1-2/h7,9H,3-6,8H2,1-2H3;1-2H3. The van der Waals surface area contributed by atoms with Crippen molar-refractivity contribution >= 4 is 0 Å². The second-order valence-corrected chi connectivity index (χ2v) is 2.46. The normalized spacial score (nSPS) is 11.7. The van der Waals surface area contributed by atoms with Gasteiger partial charge in [-0.05, 0) is 13.5 Å². The molecule has 0 aromatic heterocycles. The molecule has 0 aliphatic rings. The molecule has 0 heterocycles. The number of nitrogens with one attached hydrogen (secondary N) is 1. The summed E-state index contributed by atoms with van der Waals surface area (Å²) < 4.78 is 0. The van der Waals surface area contributed by atoms with Gasteiger partial charge in [0.05, 0.1) is 0 Å². The van der Waals surface area contributed by atoms with Gasteiger partial charge < -0.3 is 11.1 Å². The maximum absolute atomic E-state index is 5.71. The smallest absolute Gasteiger partial charge is 0.0165 e. The molecular formula is C9H24N2. The van der Waals surface area contributed by atoms with E-state index in [-0.39, 0.29) is 0 Å². The quantitative estimate of drug-likeness (QED) is 0.643. The topological polar surface area (TPSA) is 38.0 Å². The highest BCUT2D eigenvalue weighted by Gasteiger charge is 1.97. The fraction of sp³-hybridized carbons (Fsp3) is 1.00. The van der Waals surface area contributed by atoms with E-state index in [1.165, 1.54) is 12.8 Å². The fourth-order valence-corrected chi connectivity index (χ4v) is 0.831. The second kappa shape index (κ2) is 12.6. The maximum atomic E-state index is 5.71. The molecule has 0 bridgehead atoms. The molecule has 0 radical (unpaired) electrons. The molecular weight excluding hydrogens is 136 g/mol. The summed E-state index contributed by atoms with van der Waals surface area (Å²) in [5.74, 6) is 0. The molecule has 0 saturated carbocycles. The molecule has 11 heavy (non-hydrogen) atoms. The summed E-state index contributed by atoms with van der Waals surface area (Å²) in [5.41, 5.74) is 5.71. The largest absolute Gasteiger partial charge is 0.327 e. The van der Waals surface area contributed by atoms with E-state index in [4.69, 9.17) is 5.73 Å². The van der Waals surface area contributed by atoms with Gasteiger partial charge in [-0.15, -0.1) is 0 Å². The minimum atomic E-state index is 0.356. The molecule has 0 rings (SSSR count). The summed E-state index contributed by atoms with van der Waals surface area (Å²) in [6, 6.07) is 0.356. The molecule has 0 saturated heterocycles. The molecule has 0 aliphatic heterocycles. The van der Waals surface area contributed by atoms with Crippen LogP contribution in [0.2, 0.25) is 0 Å². The monoisotopic (exact) mass is 160 g/mol. The van der Waals surface area contributed by atoms with Crippen LogP contribution in [0, 0.1) is 0 Å². The van der Waals surface area contributed by atoms with Crippen molar-refractivity contribution in [3.63, 3.8) is 0 Å². The lowest BCUT2D eigenvalue weighted by Gasteiger charge is -2.08. The van der Waals surface area contributed by atoms with Gasteiger partial charge >= 0.3 is 0 Å². The van der Waals surface area contributed by atoms with Crippen LogP contribution in [-0.2, 0) is 0 Å². The predicted octanol–water partition coefficient (Wildman–Crippen LogP) is 1.75. The molecule has 3 N–H and O–H groups in total. The van der Waals surface area contributed by atoms with Crippen molar-refractivity contribution in [1.29, 1.82) is 0 Å². The zero-order valence-corrected chi connectivity index (χ0v) is 8.48. The lowest BCUT2D eigenvalue weighted by molar-refractivity contribution is 0.549. The third-order valence-electron chi connectivity index (χ3n) is 1.39. The first kappa shape index (κ1) is 13.5. The number of unbranched alkanes of at least 4 members (excludes halogenated alkanes) is 1. The van der Waals surface area contributed by atoms with E-state index >= 15 is 0 Å². The third kappa shape index (κ3) is 13.0. The number of rotatable bonds is 5. The summed E-state index contributed by atoms with van der Waals surface area (Å²) in [6.07, 6.45) is 3.65. The van der Waals surface area contributed by atoms with Crippen molar-refractivity contribution < 1.29 is 0 Å². The van der Waals surface area contributed by atoms with E-state index in [9.17, 15) is 0 Å². The summed E-state index contributed by atoms with van der Waals surface area (Å²) in [7, 11) is 1.94. The highest BCUT2D eigenvalue weighted by Crippen LogP contribution is 1.95. The number of hydrogen-bond donors (Lipinski definition) is 2. The van der Waals surface area contributed by atoms with Crippen LogP contribution in [0.5, 0.6) is 0 Å². The second-order valence-electron chi connectivity index (χ2n) is 2.46. The Balaban J connectivity index is 0. The molecule has 2 heteroatoms. The molecule has 0 fully saturated rings. The zero-order chi connectivity index (χ0) is 9.11. The number of likely N-dealkylation sites (N-methyl/N-ethyl adjacent to an activating group) is 1. The van der Waals surface area contributed by atoms with Crippen LogP contribution < -0.4 is 11.1 Å². The van der Waals surface area contributed by atoms with Gasteiger partial charge in [0.1, 0.15) is 0 Å². The van der Waals surface area contributed by atoms with Crippen LogP contribution in [0.25, 0.3) is 0 Å². The molecule has 1 unspecified atom stereocenters. The van der Waals surface area contributed by atoms with Gasteiger partial charge in [0.15, 0.2) is 0 Å². The predicted molar refractivity (Wildman–Crippen MR) is 52.8 cm³/mol. The Labute approximate surface area is 71.6 Å². The van der Waals surface area contributed by atoms with Gasteiger partial charge in [-0.1, -0.05) is 33.6 Å². The van der Waals surface area contributed by atoms with Gasteiger partial charge in [-0.2, -0.15) is 0 Å². The molecule has 0 amide bonds. The number of hydrogen-bond acceptors (Lipinski definition) is 2. The van der Waals surface area contributed by atoms with E-state index in [1.54, 1.807) is 0 Å². The molecule has 0 aromatic carbocycles. The van der Waals surface area contributed by atoms with Crippen LogP contribution in [0.3, 0.4) is 0 Å². The van der Waals surface area contributed by atoms with Crippen molar-refractivity contribution in [3.05, 3.63) is 0 Å². The fourth-order valence-electron chi connectivity index (χ4n) is 0.831. The van der Waals surface area contributed by atoms with E-state index < -0.39 is 0 Å². The average Bonchev–Trinajstić information content (AvgIpc) is 2.05. The summed E-state index contributed by atoms with van der Waals surface area (Å²) in [6.45, 7) is 7.13. The van der Waals surface area contributed by atoms with E-state index in [0.29, 0.717) is 6.04 Å². The van der Waals surface area contributed by atoms with E-state index in [0.717, 1.165) is 13.0 Å². The highest BCUT2D eigenvalue weighted by atomic mass is 14.9.